The first-order valence-electron chi connectivity index (χ1n) is 4.98. The van der Waals surface area contributed by atoms with Gasteiger partial charge in [-0.2, -0.15) is 0 Å². The van der Waals surface area contributed by atoms with Gasteiger partial charge in [-0.25, -0.2) is 0 Å². The molecule has 3 nitrogen and oxygen atoms in total. The summed E-state index contributed by atoms with van der Waals surface area (Å²) in [5.74, 6) is 0.861. The summed E-state index contributed by atoms with van der Waals surface area (Å²) in [6, 6.07) is 6.91. The smallest absolute Gasteiger partial charge is 0.115 e. The van der Waals surface area contributed by atoms with E-state index in [-0.39, 0.29) is 17.8 Å². The predicted molar refractivity (Wildman–Crippen MR) is 55.7 cm³/mol. The van der Waals surface area contributed by atoms with Crippen molar-refractivity contribution < 1.29 is 5.11 Å². The molecule has 1 aromatic rings. The number of rotatable bonds is 3. The predicted octanol–water partition coefficient (Wildman–Crippen LogP) is 1.13. The van der Waals surface area contributed by atoms with E-state index in [1.165, 1.54) is 12.8 Å². The highest BCUT2D eigenvalue weighted by Gasteiger charge is 2.32. The van der Waals surface area contributed by atoms with Crippen LogP contribution in [-0.4, -0.2) is 11.1 Å². The molecular weight excluding hydrogens is 176 g/mol. The van der Waals surface area contributed by atoms with Gasteiger partial charge in [0.15, 0.2) is 0 Å². The second kappa shape index (κ2) is 3.59. The maximum Gasteiger partial charge on any atom is 0.115 e. The van der Waals surface area contributed by atoms with Crippen molar-refractivity contribution in [2.75, 3.05) is 0 Å². The van der Waals surface area contributed by atoms with Crippen molar-refractivity contribution in [2.24, 2.45) is 17.4 Å². The Morgan fingerprint density at radius 2 is 1.71 bits per heavy atom. The Bertz CT molecular complexity index is 306. The SMILES string of the molecule is N[C@@H](c1ccc(O)cc1)[C@@H](N)C1CC1. The van der Waals surface area contributed by atoms with Crippen LogP contribution in [0, 0.1) is 5.92 Å². The highest BCUT2D eigenvalue weighted by Crippen LogP contribution is 2.36. The molecule has 5 N–H and O–H groups in total. The lowest BCUT2D eigenvalue weighted by Crippen LogP contribution is -2.35. The summed E-state index contributed by atoms with van der Waals surface area (Å²) in [6.45, 7) is 0. The van der Waals surface area contributed by atoms with Gasteiger partial charge in [-0.15, -0.1) is 0 Å². The summed E-state index contributed by atoms with van der Waals surface area (Å²) in [4.78, 5) is 0. The number of benzene rings is 1. The van der Waals surface area contributed by atoms with Crippen LogP contribution in [0.4, 0.5) is 0 Å². The maximum absolute atomic E-state index is 9.13. The van der Waals surface area contributed by atoms with Crippen LogP contribution in [0.3, 0.4) is 0 Å². The van der Waals surface area contributed by atoms with Gasteiger partial charge in [-0.3, -0.25) is 0 Å². The van der Waals surface area contributed by atoms with Crippen molar-refractivity contribution in [1.82, 2.24) is 0 Å². The molecule has 1 aromatic carbocycles. The average molecular weight is 192 g/mol. The minimum atomic E-state index is -0.108. The highest BCUT2D eigenvalue weighted by atomic mass is 16.3. The van der Waals surface area contributed by atoms with Gasteiger partial charge >= 0.3 is 0 Å². The second-order valence-electron chi connectivity index (χ2n) is 4.03. The lowest BCUT2D eigenvalue weighted by molar-refractivity contribution is 0.471. The van der Waals surface area contributed by atoms with Crippen molar-refractivity contribution in [1.29, 1.82) is 0 Å². The lowest BCUT2D eigenvalue weighted by Gasteiger charge is -2.19. The van der Waals surface area contributed by atoms with Gasteiger partial charge < -0.3 is 16.6 Å². The number of aromatic hydroxyl groups is 1. The van der Waals surface area contributed by atoms with Crippen LogP contribution in [0.25, 0.3) is 0 Å². The molecule has 0 amide bonds. The third-order valence-electron chi connectivity index (χ3n) is 2.86. The summed E-state index contributed by atoms with van der Waals surface area (Å²) in [5, 5.41) is 9.13. The third kappa shape index (κ3) is 1.89. The number of phenols is 1. The van der Waals surface area contributed by atoms with Gasteiger partial charge in [0.2, 0.25) is 0 Å². The first-order chi connectivity index (χ1) is 6.68. The standard InChI is InChI=1S/C11H16N2O/c12-10(7-1-2-7)11(13)8-3-5-9(14)6-4-8/h3-7,10-11,14H,1-2,12-13H2/t10-,11-/m0/s1. The zero-order valence-corrected chi connectivity index (χ0v) is 8.06. The minimum Gasteiger partial charge on any atom is -0.508 e. The molecule has 1 fully saturated rings. The van der Waals surface area contributed by atoms with Gasteiger partial charge in [0.05, 0.1) is 0 Å². The fourth-order valence-electron chi connectivity index (χ4n) is 1.69. The topological polar surface area (TPSA) is 72.3 Å². The normalized spacial score (nSPS) is 20.4. The molecule has 3 heteroatoms. The number of phenolic OH excluding ortho intramolecular Hbond substituents is 1. The summed E-state index contributed by atoms with van der Waals surface area (Å²) < 4.78 is 0. The van der Waals surface area contributed by atoms with Crippen molar-refractivity contribution in [3.63, 3.8) is 0 Å². The van der Waals surface area contributed by atoms with Crippen molar-refractivity contribution >= 4 is 0 Å². The molecule has 2 atom stereocenters. The lowest BCUT2D eigenvalue weighted by atomic mass is 9.97. The first-order valence-corrected chi connectivity index (χ1v) is 4.98. The van der Waals surface area contributed by atoms with E-state index in [4.69, 9.17) is 16.6 Å². The van der Waals surface area contributed by atoms with E-state index in [2.05, 4.69) is 0 Å². The van der Waals surface area contributed by atoms with Gasteiger partial charge in [0.25, 0.3) is 0 Å². The van der Waals surface area contributed by atoms with E-state index in [1.807, 2.05) is 12.1 Å². The largest absolute Gasteiger partial charge is 0.508 e. The van der Waals surface area contributed by atoms with Crippen molar-refractivity contribution in [3.05, 3.63) is 29.8 Å². The van der Waals surface area contributed by atoms with E-state index < -0.39 is 0 Å². The summed E-state index contributed by atoms with van der Waals surface area (Å²) in [5.41, 5.74) is 13.0. The van der Waals surface area contributed by atoms with E-state index in [1.54, 1.807) is 12.1 Å². The number of hydrogen-bond donors (Lipinski definition) is 3. The van der Waals surface area contributed by atoms with Crippen LogP contribution in [0.2, 0.25) is 0 Å². The van der Waals surface area contributed by atoms with Crippen LogP contribution in [0.1, 0.15) is 24.4 Å². The van der Waals surface area contributed by atoms with Gasteiger partial charge in [0.1, 0.15) is 5.75 Å². The average Bonchev–Trinajstić information content (AvgIpc) is 3.00. The monoisotopic (exact) mass is 192 g/mol. The molecule has 0 aliphatic heterocycles. The Morgan fingerprint density at radius 3 is 2.21 bits per heavy atom. The maximum atomic E-state index is 9.13. The highest BCUT2D eigenvalue weighted by molar-refractivity contribution is 5.28. The molecule has 0 unspecified atom stereocenters. The van der Waals surface area contributed by atoms with Gasteiger partial charge in [-0.1, -0.05) is 12.1 Å². The quantitative estimate of drug-likeness (QED) is 0.672. The molecule has 1 aliphatic rings. The zero-order valence-electron chi connectivity index (χ0n) is 8.06. The molecule has 0 saturated heterocycles. The van der Waals surface area contributed by atoms with Crippen LogP contribution >= 0.6 is 0 Å². The van der Waals surface area contributed by atoms with E-state index in [0.717, 1.165) is 5.56 Å². The Labute approximate surface area is 83.7 Å². The van der Waals surface area contributed by atoms with E-state index >= 15 is 0 Å². The Hall–Kier alpha value is -1.06. The molecule has 0 heterocycles. The molecule has 0 radical (unpaired) electrons. The van der Waals surface area contributed by atoms with Gasteiger partial charge in [0, 0.05) is 12.1 Å². The summed E-state index contributed by atoms with van der Waals surface area (Å²) in [6.07, 6.45) is 2.40. The number of hydrogen-bond acceptors (Lipinski definition) is 3. The Morgan fingerprint density at radius 1 is 1.14 bits per heavy atom. The summed E-state index contributed by atoms with van der Waals surface area (Å²) in [7, 11) is 0. The molecule has 14 heavy (non-hydrogen) atoms. The molecule has 1 aliphatic carbocycles. The van der Waals surface area contributed by atoms with Crippen molar-refractivity contribution in [3.8, 4) is 5.75 Å². The fraction of sp³-hybridized carbons (Fsp3) is 0.455. The van der Waals surface area contributed by atoms with Crippen LogP contribution in [0.5, 0.6) is 5.75 Å². The van der Waals surface area contributed by atoms with Crippen LogP contribution in [0.15, 0.2) is 24.3 Å². The second-order valence-corrected chi connectivity index (χ2v) is 4.03. The number of nitrogens with two attached hydrogens (primary N) is 2. The van der Waals surface area contributed by atoms with Gasteiger partial charge in [-0.05, 0) is 36.5 Å². The Kier molecular flexibility index (Phi) is 2.44. The van der Waals surface area contributed by atoms with E-state index in [0.29, 0.717) is 5.92 Å². The summed E-state index contributed by atoms with van der Waals surface area (Å²) >= 11 is 0. The molecule has 1 saturated carbocycles. The van der Waals surface area contributed by atoms with E-state index in [9.17, 15) is 0 Å². The van der Waals surface area contributed by atoms with Crippen molar-refractivity contribution in [2.45, 2.75) is 24.9 Å². The molecule has 0 bridgehead atoms. The molecule has 0 aromatic heterocycles. The molecular formula is C11H16N2O. The first kappa shape index (κ1) is 9.49. The molecule has 76 valence electrons. The fourth-order valence-corrected chi connectivity index (χ4v) is 1.69. The molecule has 2 rings (SSSR count). The minimum absolute atomic E-state index is 0.0551. The third-order valence-corrected chi connectivity index (χ3v) is 2.86. The van der Waals surface area contributed by atoms with Crippen LogP contribution < -0.4 is 11.5 Å². The zero-order chi connectivity index (χ0) is 10.1. The molecule has 0 spiro atoms. The van der Waals surface area contributed by atoms with Crippen LogP contribution in [-0.2, 0) is 0 Å². The Balaban J connectivity index is 2.09.